The number of thiazole rings is 1. The van der Waals surface area contributed by atoms with Crippen molar-refractivity contribution >= 4 is 27.5 Å². The SMILES string of the molecule is CCn1c(=NC(=O)COc2ccccc2OC)sc2cc3c(cc21)OCCO3. The van der Waals surface area contributed by atoms with Crippen LogP contribution in [0, 0.1) is 0 Å². The lowest BCUT2D eigenvalue weighted by Gasteiger charge is -2.18. The number of benzene rings is 2. The van der Waals surface area contributed by atoms with Crippen LogP contribution in [0.3, 0.4) is 0 Å². The molecule has 1 aromatic heterocycles. The smallest absolute Gasteiger partial charge is 0.286 e. The first-order chi connectivity index (χ1) is 13.7. The Hall–Kier alpha value is -3.00. The van der Waals surface area contributed by atoms with E-state index < -0.39 is 0 Å². The number of amides is 1. The fourth-order valence-corrected chi connectivity index (χ4v) is 4.14. The Bertz CT molecular complexity index is 1090. The molecule has 0 saturated heterocycles. The molecule has 3 aromatic rings. The van der Waals surface area contributed by atoms with E-state index in [0.717, 1.165) is 21.7 Å². The summed E-state index contributed by atoms with van der Waals surface area (Å²) in [6, 6.07) is 11.1. The summed E-state index contributed by atoms with van der Waals surface area (Å²) in [5.74, 6) is 2.16. The topological polar surface area (TPSA) is 71.3 Å². The number of fused-ring (bicyclic) bond motifs is 2. The Kier molecular flexibility index (Phi) is 5.21. The molecule has 0 fully saturated rings. The minimum absolute atomic E-state index is 0.166. The number of hydrogen-bond donors (Lipinski definition) is 0. The first kappa shape index (κ1) is 18.4. The van der Waals surface area contributed by atoms with Crippen LogP contribution in [0.4, 0.5) is 0 Å². The molecule has 2 heterocycles. The minimum Gasteiger partial charge on any atom is -0.493 e. The minimum atomic E-state index is -0.364. The van der Waals surface area contributed by atoms with Crippen molar-refractivity contribution in [3.8, 4) is 23.0 Å². The lowest BCUT2D eigenvalue weighted by Crippen LogP contribution is -2.19. The van der Waals surface area contributed by atoms with Gasteiger partial charge in [-0.25, -0.2) is 0 Å². The van der Waals surface area contributed by atoms with Crippen LogP contribution in [-0.4, -0.2) is 37.4 Å². The first-order valence-electron chi connectivity index (χ1n) is 8.96. The highest BCUT2D eigenvalue weighted by molar-refractivity contribution is 7.16. The monoisotopic (exact) mass is 400 g/mol. The fourth-order valence-electron chi connectivity index (χ4n) is 3.01. The Morgan fingerprint density at radius 3 is 2.61 bits per heavy atom. The van der Waals surface area contributed by atoms with E-state index in [9.17, 15) is 4.79 Å². The van der Waals surface area contributed by atoms with Crippen molar-refractivity contribution in [1.82, 2.24) is 4.57 Å². The van der Waals surface area contributed by atoms with Crippen molar-refractivity contribution in [2.24, 2.45) is 4.99 Å². The van der Waals surface area contributed by atoms with Crippen molar-refractivity contribution in [2.75, 3.05) is 26.9 Å². The van der Waals surface area contributed by atoms with Gasteiger partial charge in [0.2, 0.25) is 0 Å². The lowest BCUT2D eigenvalue weighted by atomic mass is 10.2. The third-order valence-electron chi connectivity index (χ3n) is 4.30. The molecule has 0 N–H and O–H groups in total. The highest BCUT2D eigenvalue weighted by atomic mass is 32.1. The number of aryl methyl sites for hydroxylation is 1. The van der Waals surface area contributed by atoms with E-state index in [2.05, 4.69) is 4.99 Å². The fraction of sp³-hybridized carbons (Fsp3) is 0.300. The van der Waals surface area contributed by atoms with Crippen LogP contribution in [0.15, 0.2) is 41.4 Å². The maximum atomic E-state index is 12.4. The molecule has 2 aromatic carbocycles. The van der Waals surface area contributed by atoms with Crippen LogP contribution in [0.5, 0.6) is 23.0 Å². The number of hydrogen-bond acceptors (Lipinski definition) is 6. The number of methoxy groups -OCH3 is 1. The van der Waals surface area contributed by atoms with E-state index in [1.165, 1.54) is 11.3 Å². The van der Waals surface area contributed by atoms with Crippen LogP contribution < -0.4 is 23.7 Å². The van der Waals surface area contributed by atoms with Crippen LogP contribution in [0.2, 0.25) is 0 Å². The molecular weight excluding hydrogens is 380 g/mol. The van der Waals surface area contributed by atoms with Gasteiger partial charge in [-0.1, -0.05) is 23.5 Å². The maximum absolute atomic E-state index is 12.4. The summed E-state index contributed by atoms with van der Waals surface area (Å²) in [5, 5.41) is 0. The molecule has 0 unspecified atom stereocenters. The summed E-state index contributed by atoms with van der Waals surface area (Å²) in [6.07, 6.45) is 0. The van der Waals surface area contributed by atoms with Crippen LogP contribution >= 0.6 is 11.3 Å². The van der Waals surface area contributed by atoms with Gasteiger partial charge in [-0.15, -0.1) is 0 Å². The van der Waals surface area contributed by atoms with Crippen LogP contribution in [0.1, 0.15) is 6.92 Å². The standard InChI is InChI=1S/C20H20N2O5S/c1-3-22-13-10-16-17(26-9-8-25-16)11-18(13)28-20(22)21-19(23)12-27-15-7-5-4-6-14(15)24-2/h4-7,10-11H,3,8-9,12H2,1-2H3. The molecule has 1 aliphatic heterocycles. The molecule has 1 aliphatic rings. The Morgan fingerprint density at radius 1 is 1.18 bits per heavy atom. The number of rotatable bonds is 5. The summed E-state index contributed by atoms with van der Waals surface area (Å²) in [6.45, 7) is 3.59. The van der Waals surface area contributed by atoms with Crippen molar-refractivity contribution in [2.45, 2.75) is 13.5 Å². The predicted molar refractivity (Wildman–Crippen MR) is 106 cm³/mol. The molecule has 7 nitrogen and oxygen atoms in total. The number of aromatic nitrogens is 1. The van der Waals surface area contributed by atoms with Crippen molar-refractivity contribution in [3.05, 3.63) is 41.2 Å². The maximum Gasteiger partial charge on any atom is 0.286 e. The zero-order chi connectivity index (χ0) is 19.5. The zero-order valence-electron chi connectivity index (χ0n) is 15.6. The van der Waals surface area contributed by atoms with E-state index in [1.807, 2.05) is 35.8 Å². The zero-order valence-corrected chi connectivity index (χ0v) is 16.5. The van der Waals surface area contributed by atoms with Gasteiger partial charge >= 0.3 is 0 Å². The Balaban J connectivity index is 1.62. The number of para-hydroxylation sites is 2. The molecule has 4 rings (SSSR count). The van der Waals surface area contributed by atoms with Gasteiger partial charge in [0.25, 0.3) is 5.91 Å². The molecule has 0 aliphatic carbocycles. The molecular formula is C20H20N2O5S. The Morgan fingerprint density at radius 2 is 1.89 bits per heavy atom. The van der Waals surface area contributed by atoms with Gasteiger partial charge in [0.1, 0.15) is 13.2 Å². The quantitative estimate of drug-likeness (QED) is 0.658. The third-order valence-corrected chi connectivity index (χ3v) is 5.34. The molecule has 0 saturated carbocycles. The molecule has 28 heavy (non-hydrogen) atoms. The van der Waals surface area contributed by atoms with Gasteiger partial charge in [0.15, 0.2) is 34.4 Å². The van der Waals surface area contributed by atoms with E-state index in [0.29, 0.717) is 36.1 Å². The normalized spacial score (nSPS) is 13.6. The summed E-state index contributed by atoms with van der Waals surface area (Å²) in [5.41, 5.74) is 0.967. The second kappa shape index (κ2) is 7.93. The molecule has 0 spiro atoms. The number of carbonyl (C=O) groups is 1. The van der Waals surface area contributed by atoms with E-state index >= 15 is 0 Å². The third kappa shape index (κ3) is 3.55. The second-order valence-electron chi connectivity index (χ2n) is 6.04. The molecule has 146 valence electrons. The molecule has 1 amide bonds. The average Bonchev–Trinajstić information content (AvgIpc) is 3.06. The van der Waals surface area contributed by atoms with Crippen molar-refractivity contribution in [1.29, 1.82) is 0 Å². The van der Waals surface area contributed by atoms with Gasteiger partial charge in [-0.05, 0) is 19.1 Å². The van der Waals surface area contributed by atoms with E-state index in [-0.39, 0.29) is 12.5 Å². The Labute approximate surface area is 165 Å². The van der Waals surface area contributed by atoms with Gasteiger partial charge in [0, 0.05) is 18.7 Å². The lowest BCUT2D eigenvalue weighted by molar-refractivity contribution is -0.120. The average molecular weight is 400 g/mol. The van der Waals surface area contributed by atoms with E-state index in [4.69, 9.17) is 18.9 Å². The van der Waals surface area contributed by atoms with Gasteiger partial charge in [-0.2, -0.15) is 4.99 Å². The van der Waals surface area contributed by atoms with E-state index in [1.54, 1.807) is 19.2 Å². The second-order valence-corrected chi connectivity index (χ2v) is 7.05. The first-order valence-corrected chi connectivity index (χ1v) is 9.77. The van der Waals surface area contributed by atoms with Gasteiger partial charge in [0.05, 0.1) is 17.3 Å². The summed E-state index contributed by atoms with van der Waals surface area (Å²) in [4.78, 5) is 17.3. The predicted octanol–water partition coefficient (Wildman–Crippen LogP) is 3.01. The highest BCUT2D eigenvalue weighted by Crippen LogP contribution is 2.35. The van der Waals surface area contributed by atoms with Crippen LogP contribution in [0.25, 0.3) is 10.2 Å². The summed E-state index contributed by atoms with van der Waals surface area (Å²) < 4.78 is 25.1. The number of ether oxygens (including phenoxy) is 4. The largest absolute Gasteiger partial charge is 0.493 e. The molecule has 0 atom stereocenters. The summed E-state index contributed by atoms with van der Waals surface area (Å²) in [7, 11) is 1.56. The highest BCUT2D eigenvalue weighted by Gasteiger charge is 2.16. The molecule has 8 heteroatoms. The van der Waals surface area contributed by atoms with Gasteiger partial charge < -0.3 is 23.5 Å². The van der Waals surface area contributed by atoms with Crippen molar-refractivity contribution in [3.63, 3.8) is 0 Å². The summed E-state index contributed by atoms with van der Waals surface area (Å²) >= 11 is 1.44. The van der Waals surface area contributed by atoms with Crippen molar-refractivity contribution < 1.29 is 23.7 Å². The molecule has 0 radical (unpaired) electrons. The van der Waals surface area contributed by atoms with Crippen LogP contribution in [-0.2, 0) is 11.3 Å². The number of nitrogens with zero attached hydrogens (tertiary/aromatic N) is 2. The molecule has 0 bridgehead atoms. The van der Waals surface area contributed by atoms with Gasteiger partial charge in [-0.3, -0.25) is 4.79 Å². The number of carbonyl (C=O) groups excluding carboxylic acids is 1.